The Morgan fingerprint density at radius 1 is 0.281 bits per heavy atom. The molecule has 0 radical (unpaired) electrons. The summed E-state index contributed by atoms with van der Waals surface area (Å²) in [7, 11) is 0. The molecule has 2 heteroatoms. The molecular formula is C30H16Br2. The molecule has 0 fully saturated rings. The van der Waals surface area contributed by atoms with Gasteiger partial charge in [-0.25, -0.2) is 0 Å². The van der Waals surface area contributed by atoms with E-state index in [0.717, 1.165) is 8.95 Å². The number of halogens is 2. The monoisotopic (exact) mass is 534 g/mol. The van der Waals surface area contributed by atoms with Gasteiger partial charge in [-0.3, -0.25) is 0 Å². The van der Waals surface area contributed by atoms with Gasteiger partial charge in [-0.05, 0) is 74.9 Å². The number of benzene rings is 7. The molecule has 0 aliphatic carbocycles. The Kier molecular flexibility index (Phi) is 3.94. The fraction of sp³-hybridized carbons (Fsp3) is 0. The smallest absolute Gasteiger partial charge is 0.0345 e. The topological polar surface area (TPSA) is 0 Å². The average molecular weight is 536 g/mol. The molecular weight excluding hydrogens is 520 g/mol. The van der Waals surface area contributed by atoms with E-state index in [9.17, 15) is 0 Å². The summed E-state index contributed by atoms with van der Waals surface area (Å²) in [5.74, 6) is 0. The Balaban J connectivity index is 1.94. The highest BCUT2D eigenvalue weighted by Gasteiger charge is 2.20. The normalized spacial score (nSPS) is 12.1. The van der Waals surface area contributed by atoms with E-state index >= 15 is 0 Å². The maximum Gasteiger partial charge on any atom is 0.0345 e. The summed E-state index contributed by atoms with van der Waals surface area (Å²) in [5, 5.41) is 15.3. The number of rotatable bonds is 0. The van der Waals surface area contributed by atoms with Crippen LogP contribution in [-0.4, -0.2) is 0 Å². The molecule has 0 unspecified atom stereocenters. The van der Waals surface area contributed by atoms with Crippen molar-refractivity contribution in [1.82, 2.24) is 0 Å². The van der Waals surface area contributed by atoms with Crippen molar-refractivity contribution in [3.63, 3.8) is 0 Å². The zero-order valence-corrected chi connectivity index (χ0v) is 20.2. The van der Waals surface area contributed by atoms with Crippen LogP contribution in [0.4, 0.5) is 0 Å². The van der Waals surface area contributed by atoms with Gasteiger partial charge in [0, 0.05) is 30.5 Å². The second kappa shape index (κ2) is 6.78. The summed E-state index contributed by atoms with van der Waals surface area (Å²) >= 11 is 8.22. The molecule has 7 aromatic carbocycles. The van der Waals surface area contributed by atoms with Gasteiger partial charge in [0.05, 0.1) is 0 Å². The molecule has 0 aromatic heterocycles. The molecule has 0 nitrogen and oxygen atoms in total. The first kappa shape index (κ1) is 18.6. The van der Waals surface area contributed by atoms with Crippen LogP contribution in [-0.2, 0) is 0 Å². The molecule has 0 spiro atoms. The summed E-state index contributed by atoms with van der Waals surface area (Å²) in [5.41, 5.74) is 0. The van der Waals surface area contributed by atoms with Crippen LogP contribution >= 0.6 is 31.9 Å². The van der Waals surface area contributed by atoms with Gasteiger partial charge in [0.15, 0.2) is 0 Å². The molecule has 0 heterocycles. The highest BCUT2D eigenvalue weighted by molar-refractivity contribution is 9.11. The van der Waals surface area contributed by atoms with E-state index in [2.05, 4.69) is 129 Å². The third kappa shape index (κ3) is 2.32. The highest BCUT2D eigenvalue weighted by atomic mass is 79.9. The minimum absolute atomic E-state index is 1.16. The molecule has 0 atom stereocenters. The standard InChI is InChI=1S/C30H16Br2/c31-29-25-21-13-5-1-9-17(21)18-10-2-6-14-22(18)26(25)30(32)28-24-16-8-4-12-20(24)19-11-3-7-15-23(19)27(28)29/h1-16H. The van der Waals surface area contributed by atoms with Crippen molar-refractivity contribution in [3.05, 3.63) is 106 Å². The lowest BCUT2D eigenvalue weighted by Crippen LogP contribution is -1.91. The van der Waals surface area contributed by atoms with Crippen LogP contribution in [0, 0.1) is 0 Å². The lowest BCUT2D eigenvalue weighted by Gasteiger charge is -2.19. The maximum atomic E-state index is 4.11. The lowest BCUT2D eigenvalue weighted by molar-refractivity contribution is 1.76. The molecule has 150 valence electrons. The highest BCUT2D eigenvalue weighted by Crippen LogP contribution is 2.50. The molecule has 32 heavy (non-hydrogen) atoms. The van der Waals surface area contributed by atoms with Crippen LogP contribution in [0.3, 0.4) is 0 Å². The van der Waals surface area contributed by atoms with E-state index < -0.39 is 0 Å². The summed E-state index contributed by atoms with van der Waals surface area (Å²) < 4.78 is 2.32. The summed E-state index contributed by atoms with van der Waals surface area (Å²) in [6.45, 7) is 0. The van der Waals surface area contributed by atoms with Crippen LogP contribution in [0.25, 0.3) is 64.6 Å². The number of hydrogen-bond acceptors (Lipinski definition) is 0. The predicted molar refractivity (Wildman–Crippen MR) is 147 cm³/mol. The summed E-state index contributed by atoms with van der Waals surface area (Å²) in [6, 6.07) is 35.0. The Labute approximate surface area is 201 Å². The second-order valence-corrected chi connectivity index (χ2v) is 9.90. The van der Waals surface area contributed by atoms with Gasteiger partial charge in [0.1, 0.15) is 0 Å². The first-order valence-corrected chi connectivity index (χ1v) is 12.3. The van der Waals surface area contributed by atoms with Crippen molar-refractivity contribution in [2.24, 2.45) is 0 Å². The Morgan fingerprint density at radius 2 is 0.469 bits per heavy atom. The van der Waals surface area contributed by atoms with Gasteiger partial charge in [0.2, 0.25) is 0 Å². The summed E-state index contributed by atoms with van der Waals surface area (Å²) in [4.78, 5) is 0. The largest absolute Gasteiger partial charge is 0.0616 e. The fourth-order valence-electron chi connectivity index (χ4n) is 5.44. The third-order valence-corrected chi connectivity index (χ3v) is 8.33. The Hall–Kier alpha value is -2.94. The van der Waals surface area contributed by atoms with Gasteiger partial charge >= 0.3 is 0 Å². The van der Waals surface area contributed by atoms with Gasteiger partial charge in [-0.15, -0.1) is 0 Å². The van der Waals surface area contributed by atoms with Gasteiger partial charge in [-0.1, -0.05) is 97.1 Å². The fourth-order valence-corrected chi connectivity index (χ4v) is 7.09. The Morgan fingerprint density at radius 3 is 0.688 bits per heavy atom. The van der Waals surface area contributed by atoms with Crippen molar-refractivity contribution < 1.29 is 0 Å². The molecule has 7 aromatic rings. The van der Waals surface area contributed by atoms with Crippen LogP contribution in [0.1, 0.15) is 0 Å². The van der Waals surface area contributed by atoms with E-state index in [1.165, 1.54) is 64.6 Å². The van der Waals surface area contributed by atoms with Crippen molar-refractivity contribution in [2.75, 3.05) is 0 Å². The maximum absolute atomic E-state index is 4.11. The van der Waals surface area contributed by atoms with E-state index in [0.29, 0.717) is 0 Å². The molecule has 0 N–H and O–H groups in total. The van der Waals surface area contributed by atoms with Gasteiger partial charge < -0.3 is 0 Å². The van der Waals surface area contributed by atoms with Crippen LogP contribution in [0.5, 0.6) is 0 Å². The predicted octanol–water partition coefficient (Wildman–Crippen LogP) is 10.1. The van der Waals surface area contributed by atoms with Crippen molar-refractivity contribution in [1.29, 1.82) is 0 Å². The van der Waals surface area contributed by atoms with E-state index in [-0.39, 0.29) is 0 Å². The zero-order valence-electron chi connectivity index (χ0n) is 17.0. The van der Waals surface area contributed by atoms with E-state index in [1.807, 2.05) is 0 Å². The minimum Gasteiger partial charge on any atom is -0.0616 e. The molecule has 0 aliphatic heterocycles. The molecule has 0 amide bonds. The molecule has 0 saturated carbocycles. The number of fused-ring (bicyclic) bond motifs is 12. The Bertz CT molecular complexity index is 1620. The van der Waals surface area contributed by atoms with E-state index in [1.54, 1.807) is 0 Å². The molecule has 0 saturated heterocycles. The first-order chi connectivity index (χ1) is 15.8. The number of hydrogen-bond donors (Lipinski definition) is 0. The van der Waals surface area contributed by atoms with Crippen LogP contribution in [0.2, 0.25) is 0 Å². The molecule has 0 aliphatic rings. The van der Waals surface area contributed by atoms with Gasteiger partial charge in [0.25, 0.3) is 0 Å². The first-order valence-electron chi connectivity index (χ1n) is 10.7. The van der Waals surface area contributed by atoms with E-state index in [4.69, 9.17) is 0 Å². The molecule has 7 rings (SSSR count). The average Bonchev–Trinajstić information content (AvgIpc) is 2.86. The second-order valence-electron chi connectivity index (χ2n) is 8.31. The van der Waals surface area contributed by atoms with Crippen molar-refractivity contribution >= 4 is 96.5 Å². The van der Waals surface area contributed by atoms with Crippen molar-refractivity contribution in [2.45, 2.75) is 0 Å². The van der Waals surface area contributed by atoms with Crippen LogP contribution < -0.4 is 0 Å². The quantitative estimate of drug-likeness (QED) is 0.134. The zero-order chi connectivity index (χ0) is 21.4. The summed E-state index contributed by atoms with van der Waals surface area (Å²) in [6.07, 6.45) is 0. The molecule has 0 bridgehead atoms. The van der Waals surface area contributed by atoms with Gasteiger partial charge in [-0.2, -0.15) is 0 Å². The minimum atomic E-state index is 1.16. The van der Waals surface area contributed by atoms with Crippen molar-refractivity contribution in [3.8, 4) is 0 Å². The van der Waals surface area contributed by atoms with Crippen LogP contribution in [0.15, 0.2) is 106 Å². The SMILES string of the molecule is Brc1c2c3ccccc3c3ccccc3c2c(Br)c2c3ccccc3c3ccccc3c12. The lowest BCUT2D eigenvalue weighted by atomic mass is 9.88. The third-order valence-electron chi connectivity index (χ3n) is 6.74.